The molecule has 0 unspecified atom stereocenters. The van der Waals surface area contributed by atoms with Crippen molar-refractivity contribution < 1.29 is 4.39 Å². The van der Waals surface area contributed by atoms with Crippen LogP contribution in [-0.2, 0) is 5.88 Å². The molecule has 0 aliphatic heterocycles. The molecule has 0 aliphatic rings. The van der Waals surface area contributed by atoms with Crippen molar-refractivity contribution in [3.05, 3.63) is 32.5 Å². The van der Waals surface area contributed by atoms with Gasteiger partial charge in [0, 0.05) is 14.8 Å². The Morgan fingerprint density at radius 3 is 2.92 bits per heavy atom. The molecule has 1 aromatic heterocycles. The van der Waals surface area contributed by atoms with Gasteiger partial charge < -0.3 is 0 Å². The minimum absolute atomic E-state index is 0.174. The maximum atomic E-state index is 13.4. The molecule has 2 aromatic rings. The fraction of sp³-hybridized carbons (Fsp3) is 0.111. The van der Waals surface area contributed by atoms with Crippen LogP contribution in [0.3, 0.4) is 0 Å². The number of thiophene rings is 1. The summed E-state index contributed by atoms with van der Waals surface area (Å²) < 4.78 is 15.5. The molecule has 0 spiro atoms. The van der Waals surface area contributed by atoms with Gasteiger partial charge in [-0.3, -0.25) is 0 Å². The Morgan fingerprint density at radius 2 is 2.23 bits per heavy atom. The summed E-state index contributed by atoms with van der Waals surface area (Å²) in [5.74, 6) is 0.198. The first-order valence-electron chi connectivity index (χ1n) is 3.64. The van der Waals surface area contributed by atoms with E-state index < -0.39 is 0 Å². The van der Waals surface area contributed by atoms with E-state index in [1.54, 1.807) is 17.4 Å². The van der Waals surface area contributed by atoms with Crippen molar-refractivity contribution in [2.45, 2.75) is 5.88 Å². The second-order valence-corrected chi connectivity index (χ2v) is 4.94. The lowest BCUT2D eigenvalue weighted by atomic mass is 10.2. The third kappa shape index (κ3) is 1.57. The van der Waals surface area contributed by atoms with Crippen molar-refractivity contribution in [2.24, 2.45) is 0 Å². The zero-order chi connectivity index (χ0) is 9.42. The van der Waals surface area contributed by atoms with Gasteiger partial charge in [-0.2, -0.15) is 0 Å². The highest BCUT2D eigenvalue weighted by Crippen LogP contribution is 2.32. The number of benzene rings is 1. The Morgan fingerprint density at radius 1 is 1.46 bits per heavy atom. The van der Waals surface area contributed by atoms with Crippen molar-refractivity contribution in [3.63, 3.8) is 0 Å². The normalized spacial score (nSPS) is 11.0. The Labute approximate surface area is 97.8 Å². The number of halogens is 3. The summed E-state index contributed by atoms with van der Waals surface area (Å²) in [7, 11) is 0. The number of fused-ring (bicyclic) bond motifs is 1. The second kappa shape index (κ2) is 3.71. The van der Waals surface area contributed by atoms with Crippen LogP contribution in [0.2, 0.25) is 0 Å². The minimum Gasteiger partial charge on any atom is -0.206 e. The first-order valence-corrected chi connectivity index (χ1v) is 6.13. The van der Waals surface area contributed by atoms with Crippen LogP contribution in [-0.4, -0.2) is 0 Å². The van der Waals surface area contributed by atoms with Crippen molar-refractivity contribution in [1.82, 2.24) is 0 Å². The molecular formula is C9H5ClFIS. The third-order valence-corrected chi connectivity index (χ3v) is 4.46. The molecule has 0 radical (unpaired) electrons. The zero-order valence-electron chi connectivity index (χ0n) is 6.48. The summed E-state index contributed by atoms with van der Waals surface area (Å²) in [6, 6.07) is 3.28. The van der Waals surface area contributed by atoms with E-state index in [1.807, 2.05) is 5.38 Å². The molecule has 0 N–H and O–H groups in total. The van der Waals surface area contributed by atoms with Crippen LogP contribution in [0.5, 0.6) is 0 Å². The lowest BCUT2D eigenvalue weighted by Crippen LogP contribution is -1.81. The molecule has 0 saturated heterocycles. The maximum absolute atomic E-state index is 13.4. The van der Waals surface area contributed by atoms with Crippen LogP contribution < -0.4 is 0 Å². The number of alkyl halides is 1. The molecule has 4 heteroatoms. The molecule has 0 saturated carbocycles. The SMILES string of the molecule is Fc1ccc(I)c2scc(CCl)c12. The van der Waals surface area contributed by atoms with Gasteiger partial charge in [0.25, 0.3) is 0 Å². The van der Waals surface area contributed by atoms with E-state index in [0.717, 1.165) is 13.8 Å². The lowest BCUT2D eigenvalue weighted by Gasteiger charge is -1.97. The minimum atomic E-state index is -0.174. The maximum Gasteiger partial charge on any atom is 0.132 e. The Bertz CT molecular complexity index is 452. The smallest absolute Gasteiger partial charge is 0.132 e. The lowest BCUT2D eigenvalue weighted by molar-refractivity contribution is 0.639. The average molecular weight is 327 g/mol. The van der Waals surface area contributed by atoms with Gasteiger partial charge in [0.2, 0.25) is 0 Å². The second-order valence-electron chi connectivity index (χ2n) is 2.63. The van der Waals surface area contributed by atoms with Crippen molar-refractivity contribution in [1.29, 1.82) is 0 Å². The van der Waals surface area contributed by atoms with Gasteiger partial charge in [-0.15, -0.1) is 22.9 Å². The quantitative estimate of drug-likeness (QED) is 0.539. The highest BCUT2D eigenvalue weighted by atomic mass is 127. The van der Waals surface area contributed by atoms with Gasteiger partial charge in [-0.25, -0.2) is 4.39 Å². The van der Waals surface area contributed by atoms with Crippen molar-refractivity contribution in [3.8, 4) is 0 Å². The molecule has 1 heterocycles. The topological polar surface area (TPSA) is 0 Å². The molecule has 68 valence electrons. The average Bonchev–Trinajstić information content (AvgIpc) is 2.56. The first kappa shape index (κ1) is 9.68. The van der Waals surface area contributed by atoms with Crippen LogP contribution in [0.15, 0.2) is 17.5 Å². The molecule has 0 aliphatic carbocycles. The Balaban J connectivity index is 2.87. The number of hydrogen-bond acceptors (Lipinski definition) is 1. The monoisotopic (exact) mass is 326 g/mol. The number of rotatable bonds is 1. The number of hydrogen-bond donors (Lipinski definition) is 0. The molecule has 13 heavy (non-hydrogen) atoms. The summed E-state index contributed by atoms with van der Waals surface area (Å²) in [6.45, 7) is 0. The molecule has 0 fully saturated rings. The first-order chi connectivity index (χ1) is 6.24. The summed E-state index contributed by atoms with van der Waals surface area (Å²) >= 11 is 9.46. The van der Waals surface area contributed by atoms with Gasteiger partial charge >= 0.3 is 0 Å². The highest BCUT2D eigenvalue weighted by Gasteiger charge is 2.10. The fourth-order valence-electron chi connectivity index (χ4n) is 1.23. The Kier molecular flexibility index (Phi) is 2.76. The van der Waals surface area contributed by atoms with Gasteiger partial charge in [0.1, 0.15) is 5.82 Å². The van der Waals surface area contributed by atoms with E-state index in [2.05, 4.69) is 22.6 Å². The molecule has 0 atom stereocenters. The van der Waals surface area contributed by atoms with E-state index in [0.29, 0.717) is 11.3 Å². The fourth-order valence-corrected chi connectivity index (χ4v) is 3.36. The largest absolute Gasteiger partial charge is 0.206 e. The summed E-state index contributed by atoms with van der Waals surface area (Å²) in [6.07, 6.45) is 0. The van der Waals surface area contributed by atoms with Crippen LogP contribution in [0, 0.1) is 9.39 Å². The summed E-state index contributed by atoms with van der Waals surface area (Å²) in [5.41, 5.74) is 0.887. The van der Waals surface area contributed by atoms with Crippen molar-refractivity contribution in [2.75, 3.05) is 0 Å². The predicted octanol–water partition coefficient (Wildman–Crippen LogP) is 4.38. The summed E-state index contributed by atoms with van der Waals surface area (Å²) in [5, 5.41) is 2.61. The zero-order valence-corrected chi connectivity index (χ0v) is 10.2. The molecule has 0 amide bonds. The van der Waals surface area contributed by atoms with Crippen LogP contribution in [0.25, 0.3) is 10.1 Å². The van der Waals surface area contributed by atoms with Crippen LogP contribution in [0.1, 0.15) is 5.56 Å². The van der Waals surface area contributed by atoms with Gasteiger partial charge in [-0.1, -0.05) is 0 Å². The molecule has 1 aromatic carbocycles. The third-order valence-electron chi connectivity index (χ3n) is 1.84. The van der Waals surface area contributed by atoms with E-state index in [1.165, 1.54) is 6.07 Å². The van der Waals surface area contributed by atoms with E-state index in [-0.39, 0.29) is 5.82 Å². The summed E-state index contributed by atoms with van der Waals surface area (Å²) in [4.78, 5) is 0. The van der Waals surface area contributed by atoms with E-state index in [9.17, 15) is 4.39 Å². The van der Waals surface area contributed by atoms with Gasteiger partial charge in [0.15, 0.2) is 0 Å². The van der Waals surface area contributed by atoms with Crippen LogP contribution >= 0.6 is 45.5 Å². The van der Waals surface area contributed by atoms with Crippen molar-refractivity contribution >= 4 is 55.6 Å². The van der Waals surface area contributed by atoms with Gasteiger partial charge in [-0.05, 0) is 45.7 Å². The van der Waals surface area contributed by atoms with Gasteiger partial charge in [0.05, 0.1) is 4.70 Å². The van der Waals surface area contributed by atoms with E-state index in [4.69, 9.17) is 11.6 Å². The highest BCUT2D eigenvalue weighted by molar-refractivity contribution is 14.1. The molecule has 0 nitrogen and oxygen atoms in total. The standard InChI is InChI=1S/C9H5ClFIS/c10-3-5-4-13-9-7(12)2-1-6(11)8(5)9/h1-2,4H,3H2. The molecule has 0 bridgehead atoms. The molecule has 2 rings (SSSR count). The predicted molar refractivity (Wildman–Crippen MR) is 64.1 cm³/mol. The Hall–Kier alpha value is 0.130. The van der Waals surface area contributed by atoms with E-state index >= 15 is 0 Å². The van der Waals surface area contributed by atoms with Crippen LogP contribution in [0.4, 0.5) is 4.39 Å². The molecular weight excluding hydrogens is 322 g/mol.